The predicted octanol–water partition coefficient (Wildman–Crippen LogP) is 4.31. The van der Waals surface area contributed by atoms with E-state index in [2.05, 4.69) is 41.9 Å². The summed E-state index contributed by atoms with van der Waals surface area (Å²) < 4.78 is 73.8. The lowest BCUT2D eigenvalue weighted by Gasteiger charge is -2.24. The van der Waals surface area contributed by atoms with Crippen LogP contribution in [0.15, 0.2) is 56.3 Å². The molecule has 3 rings (SSSR count). The first-order valence-corrected chi connectivity index (χ1v) is 13.4. The van der Waals surface area contributed by atoms with Crippen LogP contribution in [-0.2, 0) is 20.9 Å². The number of hydrogen-bond acceptors (Lipinski definition) is 6. The van der Waals surface area contributed by atoms with Crippen molar-refractivity contribution < 1.29 is 36.1 Å². The van der Waals surface area contributed by atoms with Gasteiger partial charge in [-0.3, -0.25) is 5.32 Å². The Morgan fingerprint density at radius 3 is 2.60 bits per heavy atom. The zero-order valence-corrected chi connectivity index (χ0v) is 22.2. The molecule has 0 radical (unpaired) electrons. The summed E-state index contributed by atoms with van der Waals surface area (Å²) in [6, 6.07) is 8.01. The second kappa shape index (κ2) is 11.2. The van der Waals surface area contributed by atoms with Gasteiger partial charge in [-0.2, -0.15) is 13.2 Å². The molecule has 0 bridgehead atoms. The molecule has 35 heavy (non-hydrogen) atoms. The highest BCUT2D eigenvalue weighted by Crippen LogP contribution is 2.34. The smallest absolute Gasteiger partial charge is 0.418 e. The summed E-state index contributed by atoms with van der Waals surface area (Å²) in [5.41, 5.74) is -1.47. The minimum absolute atomic E-state index is 0.0258. The van der Waals surface area contributed by atoms with Crippen LogP contribution in [0.25, 0.3) is 0 Å². The normalized spacial score (nSPS) is 18.9. The summed E-state index contributed by atoms with van der Waals surface area (Å²) in [5.74, 6) is 0. The van der Waals surface area contributed by atoms with Crippen molar-refractivity contribution in [1.82, 2.24) is 9.53 Å². The van der Waals surface area contributed by atoms with E-state index in [1.54, 1.807) is 16.9 Å². The van der Waals surface area contributed by atoms with Crippen LogP contribution in [0, 0.1) is 0 Å². The number of carbonyl (C=O) groups is 1. The molecule has 2 aromatic rings. The topological polar surface area (TPSA) is 108 Å². The lowest BCUT2D eigenvalue weighted by atomic mass is 9.84. The van der Waals surface area contributed by atoms with Crippen LogP contribution in [0.4, 0.5) is 23.7 Å². The minimum Gasteiger partial charge on any atom is -0.448 e. The van der Waals surface area contributed by atoms with Crippen LogP contribution in [0.5, 0.6) is 0 Å². The highest BCUT2D eigenvalue weighted by atomic mass is 79.9. The van der Waals surface area contributed by atoms with Crippen LogP contribution in [0.2, 0.25) is 6.82 Å². The molecule has 1 aliphatic rings. The summed E-state index contributed by atoms with van der Waals surface area (Å²) in [4.78, 5) is 13.8. The second-order valence-electron chi connectivity index (χ2n) is 7.88. The molecule has 3 N–H and O–H groups in total. The number of amides is 1. The van der Waals surface area contributed by atoms with Crippen molar-refractivity contribution in [2.75, 3.05) is 18.5 Å². The summed E-state index contributed by atoms with van der Waals surface area (Å²) in [6.07, 6.45) is -5.57. The molecule has 1 amide bonds. The van der Waals surface area contributed by atoms with E-state index in [-0.39, 0.29) is 24.5 Å². The summed E-state index contributed by atoms with van der Waals surface area (Å²) >= 11 is 6.46. The third-order valence-electron chi connectivity index (χ3n) is 5.32. The Kier molecular flexibility index (Phi) is 8.92. The highest BCUT2D eigenvalue weighted by molar-refractivity contribution is 9.11. The number of anilines is 1. The maximum atomic E-state index is 13.1. The Labute approximate surface area is 217 Å². The number of benzene rings is 2. The SMILES string of the molecule is CB(O)N1C[C@H](NS(=O)(=O)c2cc(Br)ccc2Br)C[C@@H]1COC(=O)Nc1ccccc1C(F)(F)F. The lowest BCUT2D eigenvalue weighted by Crippen LogP contribution is -2.44. The van der Waals surface area contributed by atoms with Gasteiger partial charge in [0.1, 0.15) is 6.61 Å². The molecule has 8 nitrogen and oxygen atoms in total. The van der Waals surface area contributed by atoms with E-state index in [0.717, 1.165) is 12.1 Å². The number of halogens is 5. The summed E-state index contributed by atoms with van der Waals surface area (Å²) in [7, 11) is -4.90. The van der Waals surface area contributed by atoms with Gasteiger partial charge in [-0.25, -0.2) is 17.9 Å². The molecule has 1 aliphatic heterocycles. The van der Waals surface area contributed by atoms with Gasteiger partial charge in [0.2, 0.25) is 10.0 Å². The molecule has 2 atom stereocenters. The molecule has 190 valence electrons. The van der Waals surface area contributed by atoms with Gasteiger partial charge in [0, 0.05) is 27.6 Å². The van der Waals surface area contributed by atoms with E-state index in [9.17, 15) is 31.4 Å². The molecular weight excluding hydrogens is 622 g/mol. The third kappa shape index (κ3) is 7.20. The highest BCUT2D eigenvalue weighted by Gasteiger charge is 2.39. The predicted molar refractivity (Wildman–Crippen MR) is 131 cm³/mol. The molecule has 15 heteroatoms. The molecular formula is C20H21BBr2F3N3O5S. The standard InChI is InChI=1S/C20H21BBr2F3N3O5S/c1-21(31)29-10-13(28-35(32,33)18-8-12(22)6-7-16(18)23)9-14(29)11-34-19(30)27-17-5-3-2-4-15(17)20(24,25)26/h2-8,13-14,28,31H,9-11H2,1H3,(H,27,30)/t13-,14-/m1/s1. The Morgan fingerprint density at radius 2 is 1.94 bits per heavy atom. The van der Waals surface area contributed by atoms with E-state index in [4.69, 9.17) is 4.74 Å². The fourth-order valence-corrected chi connectivity index (χ4v) is 6.51. The lowest BCUT2D eigenvalue weighted by molar-refractivity contribution is -0.136. The van der Waals surface area contributed by atoms with Gasteiger partial charge in [-0.05, 0) is 59.5 Å². The van der Waals surface area contributed by atoms with E-state index in [0.29, 0.717) is 8.95 Å². The molecule has 1 heterocycles. The van der Waals surface area contributed by atoms with E-state index in [1.807, 2.05) is 0 Å². The van der Waals surface area contributed by atoms with Crippen LogP contribution in [0.1, 0.15) is 12.0 Å². The Hall–Kier alpha value is -1.65. The van der Waals surface area contributed by atoms with Crippen molar-refractivity contribution in [3.05, 3.63) is 57.0 Å². The number of para-hydroxylation sites is 1. The fraction of sp³-hybridized carbons (Fsp3) is 0.350. The van der Waals surface area contributed by atoms with Crippen molar-refractivity contribution >= 4 is 60.7 Å². The number of alkyl halides is 3. The number of hydrogen-bond donors (Lipinski definition) is 3. The van der Waals surface area contributed by atoms with Crippen LogP contribution < -0.4 is 10.0 Å². The molecule has 0 saturated carbocycles. The van der Waals surface area contributed by atoms with Crippen molar-refractivity contribution in [2.24, 2.45) is 0 Å². The number of ether oxygens (including phenoxy) is 1. The van der Waals surface area contributed by atoms with Crippen molar-refractivity contribution in [2.45, 2.75) is 36.4 Å². The number of rotatable bonds is 7. The van der Waals surface area contributed by atoms with E-state index >= 15 is 0 Å². The first-order chi connectivity index (χ1) is 16.3. The van der Waals surface area contributed by atoms with Gasteiger partial charge in [-0.15, -0.1) is 0 Å². The van der Waals surface area contributed by atoms with Gasteiger partial charge >= 0.3 is 19.3 Å². The van der Waals surface area contributed by atoms with Gasteiger partial charge in [0.05, 0.1) is 16.1 Å². The van der Waals surface area contributed by atoms with Gasteiger partial charge < -0.3 is 14.6 Å². The second-order valence-corrected chi connectivity index (χ2v) is 11.3. The number of carbonyl (C=O) groups excluding carboxylic acids is 1. The molecule has 0 unspecified atom stereocenters. The Balaban J connectivity index is 1.65. The van der Waals surface area contributed by atoms with Crippen molar-refractivity contribution in [3.8, 4) is 0 Å². The summed E-state index contributed by atoms with van der Waals surface area (Å²) in [5, 5.41) is 12.2. The molecule has 2 aromatic carbocycles. The molecule has 0 aromatic heterocycles. The Morgan fingerprint density at radius 1 is 1.26 bits per heavy atom. The van der Waals surface area contributed by atoms with Gasteiger partial charge in [0.25, 0.3) is 0 Å². The molecule has 0 spiro atoms. The number of nitrogens with one attached hydrogen (secondary N) is 2. The first-order valence-electron chi connectivity index (χ1n) is 10.3. The van der Waals surface area contributed by atoms with Crippen LogP contribution in [0.3, 0.4) is 0 Å². The first kappa shape index (κ1) is 27.9. The minimum atomic E-state index is -4.66. The van der Waals surface area contributed by atoms with Gasteiger partial charge in [0.15, 0.2) is 0 Å². The van der Waals surface area contributed by atoms with E-state index < -0.39 is 52.7 Å². The van der Waals surface area contributed by atoms with Crippen molar-refractivity contribution in [1.29, 1.82) is 0 Å². The fourth-order valence-electron chi connectivity index (χ4n) is 3.77. The number of nitrogens with zero attached hydrogens (tertiary/aromatic N) is 1. The molecule has 1 fully saturated rings. The molecule has 1 saturated heterocycles. The maximum Gasteiger partial charge on any atom is 0.418 e. The zero-order valence-electron chi connectivity index (χ0n) is 18.2. The third-order valence-corrected chi connectivity index (χ3v) is 8.33. The Bertz CT molecular complexity index is 1190. The van der Waals surface area contributed by atoms with E-state index in [1.165, 1.54) is 25.0 Å². The quantitative estimate of drug-likeness (QED) is 0.389. The maximum absolute atomic E-state index is 13.1. The summed E-state index contributed by atoms with van der Waals surface area (Å²) in [6.45, 7) is 1.34. The van der Waals surface area contributed by atoms with Crippen LogP contribution in [-0.4, -0.2) is 56.6 Å². The van der Waals surface area contributed by atoms with Gasteiger partial charge in [-0.1, -0.05) is 28.1 Å². The zero-order chi connectivity index (χ0) is 26.0. The largest absolute Gasteiger partial charge is 0.448 e. The van der Waals surface area contributed by atoms with Crippen LogP contribution >= 0.6 is 31.9 Å². The number of sulfonamides is 1. The molecule has 0 aliphatic carbocycles. The monoisotopic (exact) mass is 641 g/mol. The average Bonchev–Trinajstić information content (AvgIpc) is 3.16. The average molecular weight is 643 g/mol. The van der Waals surface area contributed by atoms with Crippen molar-refractivity contribution in [3.63, 3.8) is 0 Å².